The van der Waals surface area contributed by atoms with Crippen molar-refractivity contribution in [3.8, 4) is 10.6 Å². The minimum absolute atomic E-state index is 0.210. The number of benzene rings is 1. The number of amides is 1. The second-order valence-corrected chi connectivity index (χ2v) is 8.21. The summed E-state index contributed by atoms with van der Waals surface area (Å²) in [5.41, 5.74) is 4.60. The number of rotatable bonds is 5. The molecular formula is C22H21N3OS. The van der Waals surface area contributed by atoms with Crippen molar-refractivity contribution in [2.24, 2.45) is 0 Å². The molecule has 0 N–H and O–H groups in total. The number of hydrogen-bond acceptors (Lipinski definition) is 4. The molecule has 2 aliphatic rings. The van der Waals surface area contributed by atoms with Gasteiger partial charge in [0.2, 0.25) is 5.91 Å². The number of aromatic nitrogens is 2. The molecule has 1 amide bonds. The molecule has 1 unspecified atom stereocenters. The first-order chi connectivity index (χ1) is 13.3. The topological polar surface area (TPSA) is 46.1 Å². The largest absolute Gasteiger partial charge is 0.332 e. The van der Waals surface area contributed by atoms with Crippen LogP contribution in [0, 0.1) is 0 Å². The highest BCUT2D eigenvalue weighted by molar-refractivity contribution is 7.13. The average Bonchev–Trinajstić information content (AvgIpc) is 3.27. The van der Waals surface area contributed by atoms with Gasteiger partial charge in [0.1, 0.15) is 5.01 Å². The number of pyridine rings is 1. The predicted molar refractivity (Wildman–Crippen MR) is 106 cm³/mol. The van der Waals surface area contributed by atoms with Gasteiger partial charge in [-0.05, 0) is 48.9 Å². The third-order valence-corrected chi connectivity index (χ3v) is 6.40. The van der Waals surface area contributed by atoms with E-state index in [4.69, 9.17) is 0 Å². The summed E-state index contributed by atoms with van der Waals surface area (Å²) in [6, 6.07) is 13.1. The molecule has 27 heavy (non-hydrogen) atoms. The van der Waals surface area contributed by atoms with E-state index in [2.05, 4.69) is 39.1 Å². The van der Waals surface area contributed by atoms with Crippen LogP contribution in [-0.2, 0) is 17.6 Å². The van der Waals surface area contributed by atoms with Gasteiger partial charge in [0.15, 0.2) is 0 Å². The van der Waals surface area contributed by atoms with Crippen LogP contribution >= 0.6 is 11.3 Å². The first-order valence-corrected chi connectivity index (χ1v) is 10.4. The molecule has 1 fully saturated rings. The molecule has 5 heteroatoms. The van der Waals surface area contributed by atoms with Crippen LogP contribution in [0.25, 0.3) is 10.6 Å². The van der Waals surface area contributed by atoms with Crippen molar-refractivity contribution in [3.05, 3.63) is 71.0 Å². The van der Waals surface area contributed by atoms with E-state index in [1.165, 1.54) is 11.1 Å². The van der Waals surface area contributed by atoms with Gasteiger partial charge in [0, 0.05) is 29.4 Å². The van der Waals surface area contributed by atoms with Gasteiger partial charge in [-0.1, -0.05) is 24.3 Å². The Bertz CT molecular complexity index is 964. The van der Waals surface area contributed by atoms with Crippen LogP contribution in [0.2, 0.25) is 0 Å². The van der Waals surface area contributed by atoms with Crippen LogP contribution in [0.5, 0.6) is 0 Å². The summed E-state index contributed by atoms with van der Waals surface area (Å²) in [6.45, 7) is 0. The molecule has 0 aliphatic heterocycles. The highest BCUT2D eigenvalue weighted by Gasteiger charge is 2.40. The summed E-state index contributed by atoms with van der Waals surface area (Å²) in [5, 5.41) is 2.93. The summed E-state index contributed by atoms with van der Waals surface area (Å²) in [5.74, 6) is 0.210. The summed E-state index contributed by atoms with van der Waals surface area (Å²) in [6.07, 6.45) is 8.32. The molecule has 0 bridgehead atoms. The van der Waals surface area contributed by atoms with Crippen molar-refractivity contribution in [2.75, 3.05) is 0 Å². The number of fused-ring (bicyclic) bond motifs is 1. The van der Waals surface area contributed by atoms with E-state index in [0.717, 1.165) is 41.9 Å². The second-order valence-electron chi connectivity index (χ2n) is 7.35. The van der Waals surface area contributed by atoms with Crippen LogP contribution in [0.1, 0.15) is 42.1 Å². The molecule has 136 valence electrons. The Morgan fingerprint density at radius 2 is 2.04 bits per heavy atom. The van der Waals surface area contributed by atoms with E-state index in [1.807, 2.05) is 23.7 Å². The van der Waals surface area contributed by atoms with Gasteiger partial charge in [-0.25, -0.2) is 4.98 Å². The highest BCUT2D eigenvalue weighted by atomic mass is 32.1. The average molecular weight is 375 g/mol. The number of carbonyl (C=O) groups is 1. The maximum Gasteiger partial charge on any atom is 0.229 e. The molecule has 5 rings (SSSR count). The lowest BCUT2D eigenvalue weighted by Crippen LogP contribution is -2.37. The van der Waals surface area contributed by atoms with Crippen LogP contribution in [0.4, 0.5) is 0 Å². The zero-order valence-electron chi connectivity index (χ0n) is 15.0. The van der Waals surface area contributed by atoms with Gasteiger partial charge in [-0.15, -0.1) is 11.3 Å². The lowest BCUT2D eigenvalue weighted by Gasteiger charge is -2.30. The van der Waals surface area contributed by atoms with Crippen molar-refractivity contribution in [1.82, 2.24) is 14.9 Å². The smallest absolute Gasteiger partial charge is 0.229 e. The SMILES string of the molecule is O=C(Cc1csc(-c2cccnc2)n1)N(C1CC1)C1CCc2ccccc21. The van der Waals surface area contributed by atoms with Crippen LogP contribution in [0.15, 0.2) is 54.2 Å². The highest BCUT2D eigenvalue weighted by Crippen LogP contribution is 2.42. The van der Waals surface area contributed by atoms with Crippen molar-refractivity contribution in [3.63, 3.8) is 0 Å². The zero-order chi connectivity index (χ0) is 18.2. The molecule has 3 aromatic rings. The summed E-state index contributed by atoms with van der Waals surface area (Å²) in [4.78, 5) is 24.2. The Balaban J connectivity index is 1.36. The van der Waals surface area contributed by atoms with Crippen LogP contribution < -0.4 is 0 Å². The standard InChI is InChI=1S/C22H21N3OS/c26-21(12-17-14-27-22(24-17)16-5-3-11-23-13-16)25(18-8-9-18)20-10-7-15-4-1-2-6-19(15)20/h1-6,11,13-14,18,20H,7-10,12H2. The molecule has 4 nitrogen and oxygen atoms in total. The predicted octanol–water partition coefficient (Wildman–Crippen LogP) is 4.43. The Morgan fingerprint density at radius 3 is 2.85 bits per heavy atom. The number of aryl methyl sites for hydroxylation is 1. The molecule has 2 aromatic heterocycles. The molecule has 0 radical (unpaired) electrons. The number of hydrogen-bond donors (Lipinski definition) is 0. The van der Waals surface area contributed by atoms with Crippen molar-refractivity contribution >= 4 is 17.2 Å². The molecular weight excluding hydrogens is 354 g/mol. The fourth-order valence-corrected chi connectivity index (χ4v) is 4.87. The van der Waals surface area contributed by atoms with E-state index in [0.29, 0.717) is 12.5 Å². The third kappa shape index (κ3) is 3.28. The van der Waals surface area contributed by atoms with Crippen LogP contribution in [-0.4, -0.2) is 26.8 Å². The zero-order valence-corrected chi connectivity index (χ0v) is 15.9. The van der Waals surface area contributed by atoms with Crippen molar-refractivity contribution in [2.45, 2.75) is 44.2 Å². The number of nitrogens with zero attached hydrogens (tertiary/aromatic N) is 3. The molecule has 0 spiro atoms. The maximum absolute atomic E-state index is 13.2. The summed E-state index contributed by atoms with van der Waals surface area (Å²) in [7, 11) is 0. The molecule has 1 atom stereocenters. The van der Waals surface area contributed by atoms with Gasteiger partial charge < -0.3 is 4.90 Å². The molecule has 2 heterocycles. The molecule has 2 aliphatic carbocycles. The quantitative estimate of drug-likeness (QED) is 0.663. The third-order valence-electron chi connectivity index (χ3n) is 5.46. The Labute approximate surface area is 162 Å². The summed E-state index contributed by atoms with van der Waals surface area (Å²) >= 11 is 1.58. The van der Waals surface area contributed by atoms with Gasteiger partial charge >= 0.3 is 0 Å². The number of thiazole rings is 1. The van der Waals surface area contributed by atoms with Gasteiger partial charge in [0.05, 0.1) is 18.2 Å². The Hall–Kier alpha value is -2.53. The number of carbonyl (C=O) groups excluding carboxylic acids is 1. The second kappa shape index (κ2) is 6.89. The van der Waals surface area contributed by atoms with E-state index in [9.17, 15) is 4.79 Å². The molecule has 1 saturated carbocycles. The minimum atomic E-state index is 0.210. The normalized spacial score (nSPS) is 18.3. The van der Waals surface area contributed by atoms with Gasteiger partial charge in [-0.2, -0.15) is 0 Å². The van der Waals surface area contributed by atoms with Gasteiger partial charge in [-0.3, -0.25) is 9.78 Å². The van der Waals surface area contributed by atoms with E-state index in [1.54, 1.807) is 17.5 Å². The Kier molecular flexibility index (Phi) is 4.24. The minimum Gasteiger partial charge on any atom is -0.332 e. The van der Waals surface area contributed by atoms with Crippen LogP contribution in [0.3, 0.4) is 0 Å². The van der Waals surface area contributed by atoms with Gasteiger partial charge in [0.25, 0.3) is 0 Å². The summed E-state index contributed by atoms with van der Waals surface area (Å²) < 4.78 is 0. The van der Waals surface area contributed by atoms with E-state index in [-0.39, 0.29) is 11.9 Å². The first-order valence-electron chi connectivity index (χ1n) is 9.53. The Morgan fingerprint density at radius 1 is 1.15 bits per heavy atom. The van der Waals surface area contributed by atoms with Crippen molar-refractivity contribution in [1.29, 1.82) is 0 Å². The molecule has 1 aromatic carbocycles. The fraction of sp³-hybridized carbons (Fsp3) is 0.318. The molecule has 0 saturated heterocycles. The van der Waals surface area contributed by atoms with Crippen molar-refractivity contribution < 1.29 is 4.79 Å². The lowest BCUT2D eigenvalue weighted by molar-refractivity contribution is -0.133. The van der Waals surface area contributed by atoms with E-state index >= 15 is 0 Å². The lowest BCUT2D eigenvalue weighted by atomic mass is 10.1. The van der Waals surface area contributed by atoms with E-state index < -0.39 is 0 Å². The monoisotopic (exact) mass is 375 g/mol. The fourth-order valence-electron chi connectivity index (χ4n) is 4.06. The maximum atomic E-state index is 13.2. The first kappa shape index (κ1) is 16.6.